The number of ether oxygens (including phenoxy) is 3. The van der Waals surface area contributed by atoms with Crippen LogP contribution in [0.2, 0.25) is 0 Å². The third kappa shape index (κ3) is 4.02. The highest BCUT2D eigenvalue weighted by atomic mass is 16.5. The van der Waals surface area contributed by atoms with Crippen molar-refractivity contribution in [1.82, 2.24) is 4.90 Å². The molecule has 0 saturated carbocycles. The van der Waals surface area contributed by atoms with Crippen LogP contribution >= 0.6 is 0 Å². The van der Waals surface area contributed by atoms with Crippen molar-refractivity contribution >= 4 is 17.4 Å². The van der Waals surface area contributed by atoms with Crippen molar-refractivity contribution in [3.63, 3.8) is 0 Å². The van der Waals surface area contributed by atoms with E-state index in [1.54, 1.807) is 49.6 Å². The minimum atomic E-state index is -0.774. The summed E-state index contributed by atoms with van der Waals surface area (Å²) in [6.07, 6.45) is 0.550. The fourth-order valence-electron chi connectivity index (χ4n) is 3.63. The van der Waals surface area contributed by atoms with Gasteiger partial charge in [-0.3, -0.25) is 9.59 Å². The van der Waals surface area contributed by atoms with Crippen LogP contribution in [-0.4, -0.2) is 56.2 Å². The number of aliphatic hydroxyl groups is 1. The first-order valence-corrected chi connectivity index (χ1v) is 9.58. The fourth-order valence-corrected chi connectivity index (χ4v) is 3.63. The third-order valence-electron chi connectivity index (χ3n) is 5.06. The molecule has 7 nitrogen and oxygen atoms in total. The van der Waals surface area contributed by atoms with E-state index in [0.29, 0.717) is 42.2 Å². The lowest BCUT2D eigenvalue weighted by Gasteiger charge is -2.26. The van der Waals surface area contributed by atoms with Gasteiger partial charge in [-0.2, -0.15) is 0 Å². The highest BCUT2D eigenvalue weighted by Gasteiger charge is 2.46. The molecular formula is C23H25NO6. The molecule has 0 radical (unpaired) electrons. The lowest BCUT2D eigenvalue weighted by Crippen LogP contribution is -2.31. The number of aliphatic hydroxyl groups excluding tert-OH is 1. The lowest BCUT2D eigenvalue weighted by molar-refractivity contribution is -0.140. The number of likely N-dealkylation sites (tertiary alicyclic amines) is 1. The van der Waals surface area contributed by atoms with Crippen molar-refractivity contribution in [3.8, 4) is 11.5 Å². The van der Waals surface area contributed by atoms with E-state index in [1.807, 2.05) is 6.07 Å². The Hall–Kier alpha value is -3.32. The number of Topliss-reactive ketones (excluding diaryl/α,β-unsaturated/α-hetero) is 1. The van der Waals surface area contributed by atoms with E-state index >= 15 is 0 Å². The number of carbonyl (C=O) groups is 2. The van der Waals surface area contributed by atoms with Gasteiger partial charge in [0.05, 0.1) is 25.8 Å². The zero-order valence-corrected chi connectivity index (χ0v) is 17.3. The molecule has 1 aliphatic rings. The second-order valence-electron chi connectivity index (χ2n) is 6.81. The molecule has 0 spiro atoms. The van der Waals surface area contributed by atoms with E-state index in [2.05, 4.69) is 0 Å². The van der Waals surface area contributed by atoms with Gasteiger partial charge in [-0.05, 0) is 24.6 Å². The molecule has 1 amide bonds. The Morgan fingerprint density at radius 1 is 1.03 bits per heavy atom. The van der Waals surface area contributed by atoms with E-state index in [9.17, 15) is 14.7 Å². The van der Waals surface area contributed by atoms with E-state index in [0.717, 1.165) is 0 Å². The molecule has 158 valence electrons. The van der Waals surface area contributed by atoms with Crippen LogP contribution in [0.1, 0.15) is 23.6 Å². The van der Waals surface area contributed by atoms with Crippen molar-refractivity contribution in [2.24, 2.45) is 0 Å². The molecule has 1 N–H and O–H groups in total. The minimum absolute atomic E-state index is 0.0233. The van der Waals surface area contributed by atoms with Gasteiger partial charge in [0.15, 0.2) is 0 Å². The molecule has 0 aliphatic carbocycles. The Labute approximate surface area is 175 Å². The maximum atomic E-state index is 13.0. The second-order valence-corrected chi connectivity index (χ2v) is 6.81. The summed E-state index contributed by atoms with van der Waals surface area (Å²) in [4.78, 5) is 27.3. The number of methoxy groups -OCH3 is 3. The van der Waals surface area contributed by atoms with Crippen LogP contribution in [0.5, 0.6) is 11.5 Å². The standard InChI is InChI=1S/C23H25NO6/c1-28-13-7-12-24-20(17-10-4-5-11-18(17)30-3)19(22(26)23(24)27)21(25)15-8-6-9-16(14-15)29-2/h4-6,8-11,14,20,25H,7,12-13H2,1-3H3/b21-19-. The average molecular weight is 411 g/mol. The van der Waals surface area contributed by atoms with Gasteiger partial charge in [0.2, 0.25) is 0 Å². The topological polar surface area (TPSA) is 85.3 Å². The largest absolute Gasteiger partial charge is 0.507 e. The quantitative estimate of drug-likeness (QED) is 0.311. The van der Waals surface area contributed by atoms with Crippen molar-refractivity contribution < 1.29 is 28.9 Å². The Balaban J connectivity index is 2.17. The normalized spacial score (nSPS) is 18.0. The summed E-state index contributed by atoms with van der Waals surface area (Å²) < 4.78 is 15.8. The summed E-state index contributed by atoms with van der Waals surface area (Å²) in [5.74, 6) is -0.590. The smallest absolute Gasteiger partial charge is 0.295 e. The SMILES string of the molecule is COCCCN1C(=O)C(=O)/C(=C(\O)c2cccc(OC)c2)C1c1ccccc1OC. The zero-order chi connectivity index (χ0) is 21.7. The molecule has 1 unspecified atom stereocenters. The Morgan fingerprint density at radius 2 is 1.80 bits per heavy atom. The number of benzene rings is 2. The van der Waals surface area contributed by atoms with Crippen LogP contribution in [0.15, 0.2) is 54.1 Å². The van der Waals surface area contributed by atoms with Crippen LogP contribution in [0.25, 0.3) is 5.76 Å². The van der Waals surface area contributed by atoms with E-state index in [1.165, 1.54) is 19.1 Å². The van der Waals surface area contributed by atoms with Gasteiger partial charge in [-0.25, -0.2) is 0 Å². The van der Waals surface area contributed by atoms with Gasteiger partial charge < -0.3 is 24.2 Å². The summed E-state index contributed by atoms with van der Waals surface area (Å²) in [6.45, 7) is 0.744. The molecule has 0 aromatic heterocycles. The first-order valence-electron chi connectivity index (χ1n) is 9.58. The molecule has 1 heterocycles. The van der Waals surface area contributed by atoms with Crippen molar-refractivity contribution in [3.05, 3.63) is 65.2 Å². The Kier molecular flexibility index (Phi) is 6.74. The van der Waals surface area contributed by atoms with Crippen LogP contribution in [0, 0.1) is 0 Å². The molecule has 7 heteroatoms. The highest BCUT2D eigenvalue weighted by molar-refractivity contribution is 6.46. The van der Waals surface area contributed by atoms with Gasteiger partial charge in [-0.1, -0.05) is 30.3 Å². The van der Waals surface area contributed by atoms with Gasteiger partial charge in [0.25, 0.3) is 11.7 Å². The molecule has 2 aromatic carbocycles. The Morgan fingerprint density at radius 3 is 2.50 bits per heavy atom. The lowest BCUT2D eigenvalue weighted by atomic mass is 9.94. The summed E-state index contributed by atoms with van der Waals surface area (Å²) >= 11 is 0. The van der Waals surface area contributed by atoms with Gasteiger partial charge in [-0.15, -0.1) is 0 Å². The van der Waals surface area contributed by atoms with Crippen LogP contribution in [-0.2, 0) is 14.3 Å². The van der Waals surface area contributed by atoms with Crippen LogP contribution < -0.4 is 9.47 Å². The first-order chi connectivity index (χ1) is 14.5. The molecule has 1 fully saturated rings. The fraction of sp³-hybridized carbons (Fsp3) is 0.304. The molecule has 30 heavy (non-hydrogen) atoms. The number of hydrogen-bond donors (Lipinski definition) is 1. The van der Waals surface area contributed by atoms with E-state index in [4.69, 9.17) is 14.2 Å². The molecule has 0 bridgehead atoms. The minimum Gasteiger partial charge on any atom is -0.507 e. The molecule has 1 aliphatic heterocycles. The summed E-state index contributed by atoms with van der Waals surface area (Å²) in [5, 5.41) is 11.1. The van der Waals surface area contributed by atoms with Gasteiger partial charge in [0.1, 0.15) is 17.3 Å². The van der Waals surface area contributed by atoms with E-state index in [-0.39, 0.29) is 11.3 Å². The maximum absolute atomic E-state index is 13.0. The Bertz CT molecular complexity index is 968. The number of rotatable bonds is 8. The maximum Gasteiger partial charge on any atom is 0.295 e. The summed E-state index contributed by atoms with van der Waals surface area (Å²) in [5.41, 5.74) is 1.04. The molecular weight excluding hydrogens is 386 g/mol. The number of para-hydroxylation sites is 1. The number of carbonyl (C=O) groups excluding carboxylic acids is 2. The van der Waals surface area contributed by atoms with Gasteiger partial charge in [0, 0.05) is 31.4 Å². The number of hydrogen-bond acceptors (Lipinski definition) is 6. The second kappa shape index (κ2) is 9.45. The third-order valence-corrected chi connectivity index (χ3v) is 5.06. The molecule has 3 rings (SSSR count). The zero-order valence-electron chi connectivity index (χ0n) is 17.3. The van der Waals surface area contributed by atoms with Gasteiger partial charge >= 0.3 is 0 Å². The predicted octanol–water partition coefficient (Wildman–Crippen LogP) is 3.16. The highest BCUT2D eigenvalue weighted by Crippen LogP contribution is 2.42. The first kappa shape index (κ1) is 21.4. The molecule has 2 aromatic rings. The van der Waals surface area contributed by atoms with Crippen LogP contribution in [0.4, 0.5) is 0 Å². The van der Waals surface area contributed by atoms with Crippen molar-refractivity contribution in [2.75, 3.05) is 34.5 Å². The number of ketones is 1. The van der Waals surface area contributed by atoms with Crippen molar-refractivity contribution in [2.45, 2.75) is 12.5 Å². The van der Waals surface area contributed by atoms with Crippen LogP contribution in [0.3, 0.4) is 0 Å². The monoisotopic (exact) mass is 411 g/mol. The van der Waals surface area contributed by atoms with E-state index < -0.39 is 17.7 Å². The average Bonchev–Trinajstić information content (AvgIpc) is 3.03. The van der Waals surface area contributed by atoms with Crippen molar-refractivity contribution in [1.29, 1.82) is 0 Å². The molecule has 1 atom stereocenters. The predicted molar refractivity (Wildman–Crippen MR) is 111 cm³/mol. The summed E-state index contributed by atoms with van der Waals surface area (Å²) in [7, 11) is 4.62. The number of amides is 1. The summed E-state index contributed by atoms with van der Waals surface area (Å²) in [6, 6.07) is 13.1. The number of nitrogens with zero attached hydrogens (tertiary/aromatic N) is 1. The molecule has 1 saturated heterocycles.